The lowest BCUT2D eigenvalue weighted by Crippen LogP contribution is -2.13. The Hall–Kier alpha value is -2.12. The summed E-state index contributed by atoms with van der Waals surface area (Å²) in [5.74, 6) is 0.632. The van der Waals surface area contributed by atoms with E-state index in [1.807, 2.05) is 55.5 Å². The van der Waals surface area contributed by atoms with E-state index in [0.29, 0.717) is 17.5 Å². The van der Waals surface area contributed by atoms with Crippen LogP contribution in [0.4, 0.5) is 5.69 Å². The van der Waals surface area contributed by atoms with Crippen molar-refractivity contribution in [3.8, 4) is 0 Å². The number of aromatic nitrogens is 2. The van der Waals surface area contributed by atoms with Crippen molar-refractivity contribution in [1.29, 1.82) is 0 Å². The van der Waals surface area contributed by atoms with E-state index >= 15 is 0 Å². The number of hydrogen-bond acceptors (Lipinski definition) is 5. The highest BCUT2D eigenvalue weighted by molar-refractivity contribution is 9.10. The molecule has 0 aliphatic heterocycles. The zero-order valence-electron chi connectivity index (χ0n) is 13.5. The van der Waals surface area contributed by atoms with Gasteiger partial charge in [-0.05, 0) is 36.8 Å². The van der Waals surface area contributed by atoms with Gasteiger partial charge >= 0.3 is 0 Å². The SMILES string of the molecule is Cc1ccc(Cc2nnc(SCC(=O)Nc3ccc(Br)cc3)o2)cc1. The molecule has 0 radical (unpaired) electrons. The Morgan fingerprint density at radius 2 is 1.84 bits per heavy atom. The van der Waals surface area contributed by atoms with E-state index in [4.69, 9.17) is 4.42 Å². The maximum atomic E-state index is 12.0. The monoisotopic (exact) mass is 417 g/mol. The van der Waals surface area contributed by atoms with Crippen LogP contribution in [0, 0.1) is 6.92 Å². The van der Waals surface area contributed by atoms with Crippen LogP contribution in [0.5, 0.6) is 0 Å². The fourth-order valence-corrected chi connectivity index (χ4v) is 2.95. The summed E-state index contributed by atoms with van der Waals surface area (Å²) in [5, 5.41) is 11.2. The highest BCUT2D eigenvalue weighted by atomic mass is 79.9. The lowest BCUT2D eigenvalue weighted by molar-refractivity contribution is -0.113. The standard InChI is InChI=1S/C18H16BrN3O2S/c1-12-2-4-13(5-3-12)10-17-21-22-18(24-17)25-11-16(23)20-15-8-6-14(19)7-9-15/h2-9H,10-11H2,1H3,(H,20,23). The zero-order valence-corrected chi connectivity index (χ0v) is 15.9. The van der Waals surface area contributed by atoms with Gasteiger partial charge in [0, 0.05) is 10.2 Å². The van der Waals surface area contributed by atoms with Crippen LogP contribution < -0.4 is 5.32 Å². The van der Waals surface area contributed by atoms with Gasteiger partial charge in [-0.15, -0.1) is 10.2 Å². The van der Waals surface area contributed by atoms with E-state index in [1.165, 1.54) is 17.3 Å². The van der Waals surface area contributed by atoms with Gasteiger partial charge in [-0.2, -0.15) is 0 Å². The van der Waals surface area contributed by atoms with E-state index in [2.05, 4.69) is 31.4 Å². The zero-order chi connectivity index (χ0) is 17.6. The molecule has 5 nitrogen and oxygen atoms in total. The van der Waals surface area contributed by atoms with Gasteiger partial charge in [-0.1, -0.05) is 57.5 Å². The van der Waals surface area contributed by atoms with Crippen molar-refractivity contribution in [3.05, 3.63) is 70.0 Å². The minimum Gasteiger partial charge on any atom is -0.416 e. The smallest absolute Gasteiger partial charge is 0.277 e. The second-order valence-electron chi connectivity index (χ2n) is 5.47. The third-order valence-electron chi connectivity index (χ3n) is 3.38. The van der Waals surface area contributed by atoms with Crippen LogP contribution in [0.25, 0.3) is 0 Å². The van der Waals surface area contributed by atoms with Crippen molar-refractivity contribution in [2.75, 3.05) is 11.1 Å². The van der Waals surface area contributed by atoms with Crippen LogP contribution in [-0.2, 0) is 11.2 Å². The summed E-state index contributed by atoms with van der Waals surface area (Å²) >= 11 is 4.58. The number of halogens is 1. The average molecular weight is 418 g/mol. The van der Waals surface area contributed by atoms with Crippen LogP contribution >= 0.6 is 27.7 Å². The molecule has 0 fully saturated rings. The fourth-order valence-electron chi connectivity index (χ4n) is 2.11. The molecule has 0 saturated heterocycles. The third-order valence-corrected chi connectivity index (χ3v) is 4.73. The summed E-state index contributed by atoms with van der Waals surface area (Å²) in [6.07, 6.45) is 0.582. The summed E-state index contributed by atoms with van der Waals surface area (Å²) < 4.78 is 6.55. The molecule has 0 bridgehead atoms. The Labute approximate surface area is 158 Å². The summed E-state index contributed by atoms with van der Waals surface area (Å²) in [6, 6.07) is 15.6. The van der Waals surface area contributed by atoms with Crippen LogP contribution in [0.1, 0.15) is 17.0 Å². The van der Waals surface area contributed by atoms with Crippen LogP contribution in [0.15, 0.2) is 62.6 Å². The maximum absolute atomic E-state index is 12.0. The molecule has 2 aromatic carbocycles. The van der Waals surface area contributed by atoms with Gasteiger partial charge in [0.25, 0.3) is 5.22 Å². The van der Waals surface area contributed by atoms with Crippen molar-refractivity contribution in [1.82, 2.24) is 10.2 Å². The number of nitrogens with one attached hydrogen (secondary N) is 1. The fraction of sp³-hybridized carbons (Fsp3) is 0.167. The van der Waals surface area contributed by atoms with Crippen LogP contribution in [0.3, 0.4) is 0 Å². The normalized spacial score (nSPS) is 10.6. The van der Waals surface area contributed by atoms with Crippen molar-refractivity contribution in [2.24, 2.45) is 0 Å². The number of hydrogen-bond donors (Lipinski definition) is 1. The Morgan fingerprint density at radius 3 is 2.56 bits per heavy atom. The summed E-state index contributed by atoms with van der Waals surface area (Å²) in [5.41, 5.74) is 3.07. The number of aryl methyl sites for hydroxylation is 1. The molecule has 1 amide bonds. The number of rotatable bonds is 6. The van der Waals surface area contributed by atoms with Crippen molar-refractivity contribution in [3.63, 3.8) is 0 Å². The quantitative estimate of drug-likeness (QED) is 0.599. The molecule has 0 aliphatic carbocycles. The van der Waals surface area contributed by atoms with Crippen molar-refractivity contribution in [2.45, 2.75) is 18.6 Å². The first-order valence-corrected chi connectivity index (χ1v) is 9.42. The van der Waals surface area contributed by atoms with Gasteiger partial charge in [0.05, 0.1) is 12.2 Å². The number of anilines is 1. The molecule has 0 unspecified atom stereocenters. The molecular weight excluding hydrogens is 402 g/mol. The van der Waals surface area contributed by atoms with Gasteiger partial charge in [-0.25, -0.2) is 0 Å². The van der Waals surface area contributed by atoms with Gasteiger partial charge in [-0.3, -0.25) is 4.79 Å². The molecule has 0 aliphatic rings. The second-order valence-corrected chi connectivity index (χ2v) is 7.31. The van der Waals surface area contributed by atoms with Crippen molar-refractivity contribution >= 4 is 39.3 Å². The predicted molar refractivity (Wildman–Crippen MR) is 102 cm³/mol. The van der Waals surface area contributed by atoms with E-state index in [9.17, 15) is 4.79 Å². The molecule has 3 aromatic rings. The summed E-state index contributed by atoms with van der Waals surface area (Å²) in [6.45, 7) is 2.05. The number of nitrogens with zero attached hydrogens (tertiary/aromatic N) is 2. The first kappa shape index (κ1) is 17.7. The minimum atomic E-state index is -0.120. The van der Waals surface area contributed by atoms with Gasteiger partial charge in [0.15, 0.2) is 0 Å². The first-order chi connectivity index (χ1) is 12.1. The Kier molecular flexibility index (Phi) is 5.88. The van der Waals surface area contributed by atoms with Gasteiger partial charge in [0.2, 0.25) is 11.8 Å². The highest BCUT2D eigenvalue weighted by Crippen LogP contribution is 2.19. The molecule has 25 heavy (non-hydrogen) atoms. The van der Waals surface area contributed by atoms with Crippen LogP contribution in [-0.4, -0.2) is 21.9 Å². The molecule has 0 atom stereocenters. The highest BCUT2D eigenvalue weighted by Gasteiger charge is 2.10. The lowest BCUT2D eigenvalue weighted by Gasteiger charge is -2.03. The van der Waals surface area contributed by atoms with E-state index in [-0.39, 0.29) is 11.7 Å². The first-order valence-electron chi connectivity index (χ1n) is 7.64. The number of amides is 1. The summed E-state index contributed by atoms with van der Waals surface area (Å²) in [7, 11) is 0. The van der Waals surface area contributed by atoms with Crippen molar-refractivity contribution < 1.29 is 9.21 Å². The Bertz CT molecular complexity index is 848. The minimum absolute atomic E-state index is 0.120. The number of carbonyl (C=O) groups is 1. The second kappa shape index (κ2) is 8.31. The maximum Gasteiger partial charge on any atom is 0.277 e. The molecule has 1 aromatic heterocycles. The topological polar surface area (TPSA) is 68.0 Å². The van der Waals surface area contributed by atoms with E-state index < -0.39 is 0 Å². The molecule has 1 heterocycles. The molecule has 0 saturated carbocycles. The largest absolute Gasteiger partial charge is 0.416 e. The molecule has 3 rings (SSSR count). The molecule has 7 heteroatoms. The van der Waals surface area contributed by atoms with Crippen LogP contribution in [0.2, 0.25) is 0 Å². The molecular formula is C18H16BrN3O2S. The number of thioether (sulfide) groups is 1. The van der Waals surface area contributed by atoms with Gasteiger partial charge < -0.3 is 9.73 Å². The predicted octanol–water partition coefficient (Wildman–Crippen LogP) is 4.46. The van der Waals surface area contributed by atoms with Gasteiger partial charge in [0.1, 0.15) is 0 Å². The van der Waals surface area contributed by atoms with E-state index in [1.54, 1.807) is 0 Å². The van der Waals surface area contributed by atoms with E-state index in [0.717, 1.165) is 15.7 Å². The number of carbonyl (C=O) groups excluding carboxylic acids is 1. The number of benzene rings is 2. The third kappa shape index (κ3) is 5.44. The lowest BCUT2D eigenvalue weighted by atomic mass is 10.1. The molecule has 128 valence electrons. The molecule has 0 spiro atoms. The summed E-state index contributed by atoms with van der Waals surface area (Å²) in [4.78, 5) is 12.0. The Morgan fingerprint density at radius 1 is 1.12 bits per heavy atom. The average Bonchev–Trinajstić information content (AvgIpc) is 3.05. The Balaban J connectivity index is 1.50. The molecule has 1 N–H and O–H groups in total.